The van der Waals surface area contributed by atoms with Crippen molar-refractivity contribution in [3.8, 4) is 0 Å². The normalized spacial score (nSPS) is 21.5. The molecule has 0 spiro atoms. The minimum absolute atomic E-state index is 0.151. The van der Waals surface area contributed by atoms with Crippen LogP contribution in [0.3, 0.4) is 0 Å². The van der Waals surface area contributed by atoms with Gasteiger partial charge < -0.3 is 15.3 Å². The Bertz CT molecular complexity index is 692. The number of aromatic amines is 2. The van der Waals surface area contributed by atoms with Crippen LogP contribution in [0.5, 0.6) is 0 Å². The van der Waals surface area contributed by atoms with Gasteiger partial charge >= 0.3 is 5.69 Å². The summed E-state index contributed by atoms with van der Waals surface area (Å²) in [7, 11) is 0. The van der Waals surface area contributed by atoms with E-state index in [-0.39, 0.29) is 5.69 Å². The molecule has 0 bridgehead atoms. The summed E-state index contributed by atoms with van der Waals surface area (Å²) in [5.74, 6) is 0. The van der Waals surface area contributed by atoms with Crippen molar-refractivity contribution in [2.24, 2.45) is 10.8 Å². The third-order valence-corrected chi connectivity index (χ3v) is 4.44. The largest absolute Gasteiger partial charge is 0.382 e. The molecular weight excluding hydrogens is 262 g/mol. The van der Waals surface area contributed by atoms with E-state index in [1.54, 1.807) is 0 Å². The van der Waals surface area contributed by atoms with Crippen molar-refractivity contribution in [1.29, 1.82) is 0 Å². The third-order valence-electron chi connectivity index (χ3n) is 4.44. The van der Waals surface area contributed by atoms with Crippen LogP contribution in [-0.4, -0.2) is 16.0 Å². The van der Waals surface area contributed by atoms with Crippen LogP contribution < -0.4 is 11.0 Å². The molecule has 0 aliphatic heterocycles. The molecule has 1 aliphatic carbocycles. The Balaban J connectivity index is 1.82. The van der Waals surface area contributed by atoms with Crippen molar-refractivity contribution in [2.75, 3.05) is 5.32 Å². The fourth-order valence-corrected chi connectivity index (χ4v) is 4.31. The summed E-state index contributed by atoms with van der Waals surface area (Å²) < 4.78 is 0. The smallest absolute Gasteiger partial charge is 0.323 e. The standard InChI is InChI=1S/C17H25N3O/c1-16(2)8-12(9-17(3,4)10-16)18-11-5-6-13-14(7-11)20-15(21)19-13/h5-7,12,18H,8-10H2,1-4H3,(H2,19,20,21). The first kappa shape index (κ1) is 14.2. The molecule has 4 nitrogen and oxygen atoms in total. The highest BCUT2D eigenvalue weighted by molar-refractivity contribution is 5.78. The minimum Gasteiger partial charge on any atom is -0.382 e. The van der Waals surface area contributed by atoms with Crippen LogP contribution >= 0.6 is 0 Å². The molecule has 0 saturated heterocycles. The Morgan fingerprint density at radius 2 is 1.67 bits per heavy atom. The average molecular weight is 287 g/mol. The van der Waals surface area contributed by atoms with Gasteiger partial charge in [0.15, 0.2) is 0 Å². The molecule has 4 heteroatoms. The first-order chi connectivity index (χ1) is 9.72. The zero-order valence-electron chi connectivity index (χ0n) is 13.3. The number of hydrogen-bond acceptors (Lipinski definition) is 2. The first-order valence-corrected chi connectivity index (χ1v) is 7.71. The van der Waals surface area contributed by atoms with Gasteiger partial charge in [-0.25, -0.2) is 4.79 Å². The lowest BCUT2D eigenvalue weighted by Gasteiger charge is -2.45. The average Bonchev–Trinajstić information content (AvgIpc) is 2.63. The quantitative estimate of drug-likeness (QED) is 0.785. The molecule has 3 N–H and O–H groups in total. The molecule has 0 amide bonds. The summed E-state index contributed by atoms with van der Waals surface area (Å²) in [5.41, 5.74) is 3.38. The van der Waals surface area contributed by atoms with Crippen LogP contribution in [0.15, 0.2) is 23.0 Å². The zero-order chi connectivity index (χ0) is 15.3. The Hall–Kier alpha value is -1.71. The Labute approximate surface area is 125 Å². The van der Waals surface area contributed by atoms with Gasteiger partial charge in [-0.05, 0) is 48.3 Å². The second kappa shape index (κ2) is 4.65. The van der Waals surface area contributed by atoms with E-state index in [9.17, 15) is 4.79 Å². The topological polar surface area (TPSA) is 60.7 Å². The van der Waals surface area contributed by atoms with Crippen molar-refractivity contribution in [2.45, 2.75) is 53.0 Å². The second-order valence-corrected chi connectivity index (χ2v) is 8.09. The summed E-state index contributed by atoms with van der Waals surface area (Å²) in [6.07, 6.45) is 3.62. The molecule has 0 unspecified atom stereocenters. The van der Waals surface area contributed by atoms with E-state index in [0.29, 0.717) is 16.9 Å². The lowest BCUT2D eigenvalue weighted by Crippen LogP contribution is -2.40. The van der Waals surface area contributed by atoms with Gasteiger partial charge in [0.05, 0.1) is 11.0 Å². The highest BCUT2D eigenvalue weighted by Crippen LogP contribution is 2.46. The van der Waals surface area contributed by atoms with Crippen LogP contribution in [0.1, 0.15) is 47.0 Å². The van der Waals surface area contributed by atoms with Gasteiger partial charge in [-0.2, -0.15) is 0 Å². The molecule has 21 heavy (non-hydrogen) atoms. The van der Waals surface area contributed by atoms with Gasteiger partial charge in [-0.15, -0.1) is 0 Å². The number of imidazole rings is 1. The fourth-order valence-electron chi connectivity index (χ4n) is 4.31. The van der Waals surface area contributed by atoms with Crippen molar-refractivity contribution in [1.82, 2.24) is 9.97 Å². The summed E-state index contributed by atoms with van der Waals surface area (Å²) >= 11 is 0. The van der Waals surface area contributed by atoms with Crippen molar-refractivity contribution in [3.63, 3.8) is 0 Å². The molecule has 114 valence electrons. The van der Waals surface area contributed by atoms with Gasteiger partial charge in [-0.3, -0.25) is 0 Å². The van der Waals surface area contributed by atoms with E-state index >= 15 is 0 Å². The molecule has 1 fully saturated rings. The lowest BCUT2D eigenvalue weighted by molar-refractivity contribution is 0.105. The van der Waals surface area contributed by atoms with Crippen LogP contribution in [0.2, 0.25) is 0 Å². The molecule has 3 rings (SSSR count). The van der Waals surface area contributed by atoms with Crippen LogP contribution in [0.25, 0.3) is 11.0 Å². The van der Waals surface area contributed by atoms with E-state index in [2.05, 4.69) is 43.0 Å². The maximum atomic E-state index is 11.3. The minimum atomic E-state index is -0.151. The number of hydrogen-bond donors (Lipinski definition) is 3. The highest BCUT2D eigenvalue weighted by atomic mass is 16.1. The van der Waals surface area contributed by atoms with E-state index in [4.69, 9.17) is 0 Å². The SMILES string of the molecule is CC1(C)CC(Nc2ccc3[nH]c(=O)[nH]c3c2)CC(C)(C)C1. The van der Waals surface area contributed by atoms with Crippen LogP contribution in [-0.2, 0) is 0 Å². The van der Waals surface area contributed by atoms with E-state index in [1.807, 2.05) is 18.2 Å². The number of nitrogens with one attached hydrogen (secondary N) is 3. The number of H-pyrrole nitrogens is 2. The number of aromatic nitrogens is 2. The van der Waals surface area contributed by atoms with Crippen molar-refractivity contribution >= 4 is 16.7 Å². The number of anilines is 1. The molecule has 1 aliphatic rings. The Morgan fingerprint density at radius 1 is 1.05 bits per heavy atom. The predicted molar refractivity (Wildman–Crippen MR) is 87.7 cm³/mol. The molecule has 0 radical (unpaired) electrons. The molecule has 1 saturated carbocycles. The highest BCUT2D eigenvalue weighted by Gasteiger charge is 2.38. The summed E-state index contributed by atoms with van der Waals surface area (Å²) in [6.45, 7) is 9.43. The summed E-state index contributed by atoms with van der Waals surface area (Å²) in [6, 6.07) is 6.49. The van der Waals surface area contributed by atoms with Crippen LogP contribution in [0.4, 0.5) is 5.69 Å². The van der Waals surface area contributed by atoms with Gasteiger partial charge in [-0.1, -0.05) is 27.7 Å². The van der Waals surface area contributed by atoms with E-state index in [1.165, 1.54) is 19.3 Å². The van der Waals surface area contributed by atoms with E-state index < -0.39 is 0 Å². The fraction of sp³-hybridized carbons (Fsp3) is 0.588. The monoisotopic (exact) mass is 287 g/mol. The van der Waals surface area contributed by atoms with E-state index in [0.717, 1.165) is 16.7 Å². The second-order valence-electron chi connectivity index (χ2n) is 8.09. The Morgan fingerprint density at radius 3 is 2.33 bits per heavy atom. The van der Waals surface area contributed by atoms with Gasteiger partial charge in [0.1, 0.15) is 0 Å². The maximum absolute atomic E-state index is 11.3. The molecule has 1 aromatic heterocycles. The summed E-state index contributed by atoms with van der Waals surface area (Å²) in [5, 5.41) is 3.66. The molecule has 2 aromatic rings. The van der Waals surface area contributed by atoms with Crippen LogP contribution in [0, 0.1) is 10.8 Å². The molecule has 1 heterocycles. The first-order valence-electron chi connectivity index (χ1n) is 7.71. The zero-order valence-corrected chi connectivity index (χ0v) is 13.3. The Kier molecular flexibility index (Phi) is 3.15. The summed E-state index contributed by atoms with van der Waals surface area (Å²) in [4.78, 5) is 16.9. The lowest BCUT2D eigenvalue weighted by atomic mass is 9.63. The predicted octanol–water partition coefficient (Wildman–Crippen LogP) is 3.87. The van der Waals surface area contributed by atoms with Crippen molar-refractivity contribution in [3.05, 3.63) is 28.7 Å². The molecule has 1 aromatic carbocycles. The number of rotatable bonds is 2. The number of fused-ring (bicyclic) bond motifs is 1. The van der Waals surface area contributed by atoms with Gasteiger partial charge in [0, 0.05) is 11.7 Å². The van der Waals surface area contributed by atoms with Gasteiger partial charge in [0.2, 0.25) is 0 Å². The molecular formula is C17H25N3O. The van der Waals surface area contributed by atoms with Crippen molar-refractivity contribution < 1.29 is 0 Å². The van der Waals surface area contributed by atoms with Gasteiger partial charge in [0.25, 0.3) is 0 Å². The molecule has 0 atom stereocenters. The maximum Gasteiger partial charge on any atom is 0.323 e. The third kappa shape index (κ3) is 3.14. The number of benzene rings is 1.